The Labute approximate surface area is 132 Å². The molecule has 0 aromatic carbocycles. The van der Waals surface area contributed by atoms with E-state index in [1.165, 1.54) is 16.2 Å². The first-order valence-electron chi connectivity index (χ1n) is 7.10. The van der Waals surface area contributed by atoms with Crippen LogP contribution < -0.4 is 10.2 Å². The molecule has 2 fully saturated rings. The van der Waals surface area contributed by atoms with E-state index >= 15 is 0 Å². The van der Waals surface area contributed by atoms with Gasteiger partial charge in [0.1, 0.15) is 12.1 Å². The summed E-state index contributed by atoms with van der Waals surface area (Å²) in [6.07, 6.45) is 2.04. The lowest BCUT2D eigenvalue weighted by Gasteiger charge is -2.22. The predicted molar refractivity (Wildman–Crippen MR) is 81.3 cm³/mol. The van der Waals surface area contributed by atoms with Crippen LogP contribution in [0.2, 0.25) is 4.34 Å². The van der Waals surface area contributed by atoms with Crippen LogP contribution in [-0.2, 0) is 11.3 Å². The summed E-state index contributed by atoms with van der Waals surface area (Å²) in [5, 5.41) is 2.87. The van der Waals surface area contributed by atoms with Crippen molar-refractivity contribution in [2.45, 2.75) is 31.8 Å². The molecule has 114 valence electrons. The topological polar surface area (TPSA) is 53.9 Å². The Hall–Kier alpha value is -1.11. The highest BCUT2D eigenvalue weighted by atomic mass is 35.5. The van der Waals surface area contributed by atoms with E-state index in [0.29, 0.717) is 12.6 Å². The lowest BCUT2D eigenvalue weighted by Crippen LogP contribution is -3.09. The molecule has 3 amide bonds. The second kappa shape index (κ2) is 5.26. The minimum absolute atomic E-state index is 0.0847. The summed E-state index contributed by atoms with van der Waals surface area (Å²) in [5.41, 5.74) is -0.691. The Kier molecular flexibility index (Phi) is 3.71. The monoisotopic (exact) mass is 328 g/mol. The van der Waals surface area contributed by atoms with Crippen LogP contribution in [0.5, 0.6) is 0 Å². The number of carbonyl (C=O) groups excluding carboxylic acids is 2. The summed E-state index contributed by atoms with van der Waals surface area (Å²) < 4.78 is 0.758. The average molecular weight is 329 g/mol. The Morgan fingerprint density at radius 3 is 2.76 bits per heavy atom. The lowest BCUT2D eigenvalue weighted by atomic mass is 9.96. The molecule has 0 spiro atoms. The second-order valence-electron chi connectivity index (χ2n) is 6.14. The molecule has 1 aromatic rings. The van der Waals surface area contributed by atoms with Gasteiger partial charge in [-0.25, -0.2) is 9.69 Å². The maximum absolute atomic E-state index is 12.5. The quantitative estimate of drug-likeness (QED) is 0.795. The average Bonchev–Trinajstić information content (AvgIpc) is 3.16. The maximum Gasteiger partial charge on any atom is 0.329 e. The minimum atomic E-state index is -0.691. The van der Waals surface area contributed by atoms with E-state index in [1.54, 1.807) is 0 Å². The largest absolute Gasteiger partial charge is 0.329 e. The first kappa shape index (κ1) is 14.8. The normalized spacial score (nSPS) is 27.1. The highest BCUT2D eigenvalue weighted by Crippen LogP contribution is 2.42. The van der Waals surface area contributed by atoms with Crippen LogP contribution in [0.15, 0.2) is 12.1 Å². The molecule has 1 aliphatic carbocycles. The smallest absolute Gasteiger partial charge is 0.323 e. The molecule has 3 rings (SSSR count). The number of hydrogen-bond acceptors (Lipinski definition) is 3. The van der Waals surface area contributed by atoms with Gasteiger partial charge in [-0.05, 0) is 37.8 Å². The summed E-state index contributed by atoms with van der Waals surface area (Å²) in [6, 6.07) is 3.58. The Balaban J connectivity index is 1.64. The maximum atomic E-state index is 12.5. The third-order valence-corrected chi connectivity index (χ3v) is 5.46. The Morgan fingerprint density at radius 1 is 1.48 bits per heavy atom. The highest BCUT2D eigenvalue weighted by molar-refractivity contribution is 7.16. The molecular weight excluding hydrogens is 310 g/mol. The Bertz CT molecular complexity index is 587. The number of amides is 3. The molecule has 7 heteroatoms. The first-order chi connectivity index (χ1) is 9.90. The number of nitrogens with zero attached hydrogens (tertiary/aromatic N) is 1. The number of thiophene rings is 1. The van der Waals surface area contributed by atoms with Gasteiger partial charge in [-0.1, -0.05) is 11.6 Å². The molecule has 2 atom stereocenters. The van der Waals surface area contributed by atoms with Crippen LogP contribution in [-0.4, -0.2) is 36.1 Å². The summed E-state index contributed by atoms with van der Waals surface area (Å²) in [6.45, 7) is 2.97. The fourth-order valence-corrected chi connectivity index (χ4v) is 4.07. The van der Waals surface area contributed by atoms with E-state index in [-0.39, 0.29) is 11.9 Å². The molecule has 0 bridgehead atoms. The summed E-state index contributed by atoms with van der Waals surface area (Å²) in [4.78, 5) is 28.2. The summed E-state index contributed by atoms with van der Waals surface area (Å²) in [5.74, 6) is 0.217. The minimum Gasteiger partial charge on any atom is -0.323 e. The zero-order valence-electron chi connectivity index (χ0n) is 12.1. The van der Waals surface area contributed by atoms with Crippen LogP contribution in [0.25, 0.3) is 0 Å². The fourth-order valence-electron chi connectivity index (χ4n) is 2.87. The molecule has 2 heterocycles. The summed E-state index contributed by atoms with van der Waals surface area (Å²) in [7, 11) is 1.97. The van der Waals surface area contributed by atoms with E-state index in [1.807, 2.05) is 26.1 Å². The number of halogens is 1. The van der Waals surface area contributed by atoms with Gasteiger partial charge < -0.3 is 10.2 Å². The van der Waals surface area contributed by atoms with E-state index in [0.717, 1.165) is 33.5 Å². The molecule has 1 unspecified atom stereocenters. The molecular formula is C14H19ClN3O2S+. The van der Waals surface area contributed by atoms with Crippen molar-refractivity contribution in [1.82, 2.24) is 10.2 Å². The molecule has 5 nitrogen and oxygen atoms in total. The van der Waals surface area contributed by atoms with Gasteiger partial charge in [0, 0.05) is 0 Å². The zero-order valence-corrected chi connectivity index (χ0v) is 13.7. The van der Waals surface area contributed by atoms with Crippen LogP contribution in [0.1, 0.15) is 24.6 Å². The van der Waals surface area contributed by atoms with E-state index in [2.05, 4.69) is 5.32 Å². The predicted octanol–water partition coefficient (Wildman–Crippen LogP) is 1.09. The zero-order chi connectivity index (χ0) is 15.2. The standard InChI is InChI=1S/C14H18ClN3O2S/c1-14(9-3-4-9)12(19)18(13(20)16-14)8-17(2)7-10-5-6-11(15)21-10/h5-6,9H,3-4,7-8H2,1-2H3,(H,16,20)/p+1/t14-/m0/s1. The number of carbonyl (C=O) groups is 2. The molecule has 1 aromatic heterocycles. The molecule has 21 heavy (non-hydrogen) atoms. The van der Waals surface area contributed by atoms with Crippen molar-refractivity contribution in [2.24, 2.45) is 5.92 Å². The van der Waals surface area contributed by atoms with Gasteiger partial charge in [0.15, 0.2) is 6.67 Å². The van der Waals surface area contributed by atoms with Crippen LogP contribution in [0.3, 0.4) is 0 Å². The Morgan fingerprint density at radius 2 is 2.19 bits per heavy atom. The van der Waals surface area contributed by atoms with Crippen molar-refractivity contribution in [3.8, 4) is 0 Å². The van der Waals surface area contributed by atoms with Crippen molar-refractivity contribution < 1.29 is 14.5 Å². The SMILES string of the molecule is C[NH+](Cc1ccc(Cl)s1)CN1C(=O)N[C@@](C)(C2CC2)C1=O. The number of hydrogen-bond donors (Lipinski definition) is 2. The third-order valence-electron chi connectivity index (χ3n) is 4.23. The molecule has 1 saturated heterocycles. The van der Waals surface area contributed by atoms with Crippen molar-refractivity contribution in [2.75, 3.05) is 13.7 Å². The van der Waals surface area contributed by atoms with Crippen LogP contribution in [0.4, 0.5) is 4.79 Å². The fraction of sp³-hybridized carbons (Fsp3) is 0.571. The van der Waals surface area contributed by atoms with Crippen molar-refractivity contribution in [3.63, 3.8) is 0 Å². The van der Waals surface area contributed by atoms with Gasteiger partial charge in [0.05, 0.1) is 16.3 Å². The first-order valence-corrected chi connectivity index (χ1v) is 8.29. The molecule has 0 radical (unpaired) electrons. The van der Waals surface area contributed by atoms with Gasteiger partial charge in [0.2, 0.25) is 0 Å². The van der Waals surface area contributed by atoms with E-state index in [4.69, 9.17) is 11.6 Å². The van der Waals surface area contributed by atoms with Gasteiger partial charge >= 0.3 is 6.03 Å². The number of quaternary nitrogens is 1. The van der Waals surface area contributed by atoms with Crippen LogP contribution in [0, 0.1) is 5.92 Å². The van der Waals surface area contributed by atoms with Crippen molar-refractivity contribution in [3.05, 3.63) is 21.3 Å². The highest BCUT2D eigenvalue weighted by Gasteiger charge is 2.56. The molecule has 1 saturated carbocycles. The third kappa shape index (κ3) is 2.80. The van der Waals surface area contributed by atoms with Gasteiger partial charge in [-0.2, -0.15) is 0 Å². The number of nitrogens with one attached hydrogen (secondary N) is 2. The molecule has 2 N–H and O–H groups in total. The van der Waals surface area contributed by atoms with Crippen LogP contribution >= 0.6 is 22.9 Å². The lowest BCUT2D eigenvalue weighted by molar-refractivity contribution is -0.900. The molecule has 2 aliphatic rings. The van der Waals surface area contributed by atoms with Gasteiger partial charge in [-0.15, -0.1) is 11.3 Å². The van der Waals surface area contributed by atoms with E-state index in [9.17, 15) is 9.59 Å². The summed E-state index contributed by atoms with van der Waals surface area (Å²) >= 11 is 7.45. The van der Waals surface area contributed by atoms with Gasteiger partial charge in [-0.3, -0.25) is 4.79 Å². The van der Waals surface area contributed by atoms with Crippen molar-refractivity contribution >= 4 is 34.9 Å². The van der Waals surface area contributed by atoms with Crippen molar-refractivity contribution in [1.29, 1.82) is 0 Å². The van der Waals surface area contributed by atoms with E-state index < -0.39 is 5.54 Å². The number of rotatable bonds is 5. The second-order valence-corrected chi connectivity index (χ2v) is 7.94. The van der Waals surface area contributed by atoms with Gasteiger partial charge in [0.25, 0.3) is 5.91 Å². The molecule has 1 aliphatic heterocycles. The number of imide groups is 1. The number of urea groups is 1.